The normalized spacial score (nSPS) is 27.8. The maximum Gasteiger partial charge on any atom is 0.280 e. The molecule has 3 atom stereocenters. The van der Waals surface area contributed by atoms with Crippen molar-refractivity contribution in [2.24, 2.45) is 5.92 Å². The number of rotatable bonds is 2. The van der Waals surface area contributed by atoms with Gasteiger partial charge in [-0.05, 0) is 18.9 Å². The molecule has 0 spiro atoms. The Morgan fingerprint density at radius 2 is 2.38 bits per heavy atom. The Morgan fingerprint density at radius 3 is 3.05 bits per heavy atom. The number of aromatic nitrogens is 4. The second-order valence-electron chi connectivity index (χ2n) is 5.17. The van der Waals surface area contributed by atoms with E-state index < -0.39 is 11.7 Å². The maximum absolute atomic E-state index is 11.8. The molecule has 0 amide bonds. The molecule has 0 unspecified atom stereocenters. The molecule has 0 aliphatic heterocycles. The molecule has 2 aromatic rings. The number of H-pyrrole nitrogens is 1. The van der Waals surface area contributed by atoms with Crippen LogP contribution in [0, 0.1) is 5.92 Å². The number of aliphatic hydroxyl groups excluding tert-OH is 2. The number of hydrogen-bond acceptors (Lipinski definition) is 6. The van der Waals surface area contributed by atoms with Gasteiger partial charge in [0.05, 0.1) is 25.1 Å². The maximum atomic E-state index is 11.8. The second-order valence-corrected chi connectivity index (χ2v) is 5.17. The van der Waals surface area contributed by atoms with Crippen molar-refractivity contribution in [2.45, 2.75) is 25.5 Å². The minimum atomic E-state index is -0.636. The quantitative estimate of drug-likeness (QED) is 0.555. The van der Waals surface area contributed by atoms with E-state index in [1.54, 1.807) is 4.57 Å². The topological polar surface area (TPSA) is 130 Å². The second kappa shape index (κ2) is 4.97. The van der Waals surface area contributed by atoms with E-state index in [0.29, 0.717) is 12.1 Å². The van der Waals surface area contributed by atoms with Crippen molar-refractivity contribution < 1.29 is 10.2 Å². The Bertz CT molecular complexity index is 763. The monoisotopic (exact) mass is 291 g/mol. The van der Waals surface area contributed by atoms with Crippen LogP contribution in [0.15, 0.2) is 22.8 Å². The van der Waals surface area contributed by atoms with Crippen LogP contribution in [0.5, 0.6) is 0 Å². The fraction of sp³-hybridized carbons (Fsp3) is 0.462. The van der Waals surface area contributed by atoms with E-state index in [-0.39, 0.29) is 30.0 Å². The van der Waals surface area contributed by atoms with Crippen LogP contribution in [0.2, 0.25) is 0 Å². The molecule has 8 nitrogen and oxygen atoms in total. The van der Waals surface area contributed by atoms with E-state index in [0.717, 1.165) is 5.57 Å². The molecule has 8 heteroatoms. The van der Waals surface area contributed by atoms with Crippen LogP contribution in [0.3, 0.4) is 0 Å². The molecule has 1 aliphatic rings. The van der Waals surface area contributed by atoms with Crippen LogP contribution in [-0.4, -0.2) is 42.4 Å². The molecular formula is C13H17N5O3. The number of aliphatic hydroxyl groups is 2. The van der Waals surface area contributed by atoms with Crippen molar-refractivity contribution in [1.29, 1.82) is 0 Å². The summed E-state index contributed by atoms with van der Waals surface area (Å²) in [5.74, 6) is -0.287. The molecule has 3 rings (SSSR count). The largest absolute Gasteiger partial charge is 0.396 e. The Balaban J connectivity index is 2.15. The summed E-state index contributed by atoms with van der Waals surface area (Å²) in [4.78, 5) is 22.4. The standard InChI is InChI=1S/C13H17N5O3/c1-2-6-7(4-19)9(20)3-8(6)18-5-15-10-11(18)16-13(14)17-12(10)21/h2,5,7-9,19-20H,3-4H2,1H3,(H3,14,16,17,21)/t7-,8-,9-/m0/s1. The van der Waals surface area contributed by atoms with Crippen LogP contribution < -0.4 is 11.3 Å². The van der Waals surface area contributed by atoms with Gasteiger partial charge in [0, 0.05) is 5.92 Å². The number of nitrogens with one attached hydrogen (secondary N) is 1. The fourth-order valence-corrected chi connectivity index (χ4v) is 3.08. The lowest BCUT2D eigenvalue weighted by Crippen LogP contribution is -2.18. The first kappa shape index (κ1) is 13.8. The highest BCUT2D eigenvalue weighted by Crippen LogP contribution is 2.40. The minimum absolute atomic E-state index is 0.0218. The summed E-state index contributed by atoms with van der Waals surface area (Å²) in [6.45, 7) is 1.73. The molecule has 1 fully saturated rings. The Hall–Kier alpha value is -2.19. The summed E-state index contributed by atoms with van der Waals surface area (Å²) in [6.07, 6.45) is 3.20. The zero-order chi connectivity index (χ0) is 15.1. The van der Waals surface area contributed by atoms with E-state index in [2.05, 4.69) is 15.0 Å². The lowest BCUT2D eigenvalue weighted by Gasteiger charge is -2.16. The molecule has 0 saturated heterocycles. The van der Waals surface area contributed by atoms with Crippen LogP contribution in [-0.2, 0) is 0 Å². The van der Waals surface area contributed by atoms with Crippen LogP contribution in [0.4, 0.5) is 5.95 Å². The number of imidazole rings is 1. The number of allylic oxidation sites excluding steroid dienone is 1. The molecule has 0 radical (unpaired) electrons. The van der Waals surface area contributed by atoms with E-state index in [1.807, 2.05) is 13.0 Å². The first-order chi connectivity index (χ1) is 10.1. The lowest BCUT2D eigenvalue weighted by atomic mass is 10.0. The highest BCUT2D eigenvalue weighted by Gasteiger charge is 2.38. The summed E-state index contributed by atoms with van der Waals surface area (Å²) >= 11 is 0. The van der Waals surface area contributed by atoms with Gasteiger partial charge in [-0.15, -0.1) is 0 Å². The van der Waals surface area contributed by atoms with Crippen molar-refractivity contribution >= 4 is 17.1 Å². The molecule has 0 aromatic carbocycles. The van der Waals surface area contributed by atoms with Crippen molar-refractivity contribution in [2.75, 3.05) is 12.3 Å². The Morgan fingerprint density at radius 1 is 1.62 bits per heavy atom. The fourth-order valence-electron chi connectivity index (χ4n) is 3.08. The van der Waals surface area contributed by atoms with Gasteiger partial charge >= 0.3 is 0 Å². The summed E-state index contributed by atoms with van der Waals surface area (Å²) in [6, 6.07) is -0.194. The van der Waals surface area contributed by atoms with Crippen molar-refractivity contribution in [3.05, 3.63) is 28.3 Å². The third kappa shape index (κ3) is 2.03. The van der Waals surface area contributed by atoms with E-state index >= 15 is 0 Å². The number of hydrogen-bond donors (Lipinski definition) is 4. The van der Waals surface area contributed by atoms with E-state index in [1.165, 1.54) is 6.33 Å². The summed E-state index contributed by atoms with van der Waals surface area (Å²) in [7, 11) is 0. The highest BCUT2D eigenvalue weighted by atomic mass is 16.3. The molecule has 112 valence electrons. The van der Waals surface area contributed by atoms with Gasteiger partial charge in [-0.1, -0.05) is 6.08 Å². The average molecular weight is 291 g/mol. The van der Waals surface area contributed by atoms with Crippen molar-refractivity contribution in [3.63, 3.8) is 0 Å². The van der Waals surface area contributed by atoms with Gasteiger partial charge in [-0.2, -0.15) is 4.98 Å². The van der Waals surface area contributed by atoms with Crippen LogP contribution in [0.1, 0.15) is 19.4 Å². The predicted octanol–water partition coefficient (Wildman–Crippen LogP) is -0.438. The SMILES string of the molecule is CC=C1[C@H](CO)[C@@H](O)C[C@@H]1n1cnc2c(=O)[nH]c(N)nc21. The van der Waals surface area contributed by atoms with E-state index in [4.69, 9.17) is 5.73 Å². The van der Waals surface area contributed by atoms with Gasteiger partial charge < -0.3 is 20.5 Å². The van der Waals surface area contributed by atoms with Gasteiger partial charge in [0.25, 0.3) is 5.56 Å². The van der Waals surface area contributed by atoms with Gasteiger partial charge in [-0.3, -0.25) is 9.78 Å². The number of anilines is 1. The van der Waals surface area contributed by atoms with Gasteiger partial charge in [0.2, 0.25) is 5.95 Å². The summed E-state index contributed by atoms with van der Waals surface area (Å²) < 4.78 is 1.73. The summed E-state index contributed by atoms with van der Waals surface area (Å²) in [5.41, 5.74) is 6.69. The van der Waals surface area contributed by atoms with Crippen molar-refractivity contribution in [3.8, 4) is 0 Å². The molecule has 0 bridgehead atoms. The Kier molecular flexibility index (Phi) is 3.26. The third-order valence-electron chi connectivity index (χ3n) is 4.06. The highest BCUT2D eigenvalue weighted by molar-refractivity contribution is 5.71. The average Bonchev–Trinajstić information content (AvgIpc) is 2.98. The van der Waals surface area contributed by atoms with Crippen LogP contribution in [0.25, 0.3) is 11.2 Å². The molecule has 5 N–H and O–H groups in total. The minimum Gasteiger partial charge on any atom is -0.396 e. The van der Waals surface area contributed by atoms with Gasteiger partial charge in [0.1, 0.15) is 0 Å². The number of nitrogen functional groups attached to an aromatic ring is 1. The molecule has 2 aromatic heterocycles. The number of nitrogens with zero attached hydrogens (tertiary/aromatic N) is 3. The zero-order valence-corrected chi connectivity index (χ0v) is 11.5. The van der Waals surface area contributed by atoms with Crippen LogP contribution >= 0.6 is 0 Å². The first-order valence-corrected chi connectivity index (χ1v) is 6.74. The van der Waals surface area contributed by atoms with Crippen molar-refractivity contribution in [1.82, 2.24) is 19.5 Å². The third-order valence-corrected chi connectivity index (χ3v) is 4.06. The zero-order valence-electron chi connectivity index (χ0n) is 11.5. The molecule has 21 heavy (non-hydrogen) atoms. The smallest absolute Gasteiger partial charge is 0.280 e. The molecule has 1 saturated carbocycles. The number of nitrogens with two attached hydrogens (primary N) is 1. The van der Waals surface area contributed by atoms with Gasteiger partial charge in [-0.25, -0.2) is 4.98 Å². The molecular weight excluding hydrogens is 274 g/mol. The number of fused-ring (bicyclic) bond motifs is 1. The molecule has 1 aliphatic carbocycles. The predicted molar refractivity (Wildman–Crippen MR) is 76.6 cm³/mol. The number of aromatic amines is 1. The van der Waals surface area contributed by atoms with Gasteiger partial charge in [0.15, 0.2) is 11.2 Å². The first-order valence-electron chi connectivity index (χ1n) is 6.74. The van der Waals surface area contributed by atoms with E-state index in [9.17, 15) is 15.0 Å². The lowest BCUT2D eigenvalue weighted by molar-refractivity contribution is 0.101. The molecule has 2 heterocycles. The Labute approximate surface area is 120 Å². The summed E-state index contributed by atoms with van der Waals surface area (Å²) in [5, 5.41) is 19.5.